The van der Waals surface area contributed by atoms with Crippen molar-refractivity contribution in [2.24, 2.45) is 5.92 Å². The Kier molecular flexibility index (Phi) is 4.88. The van der Waals surface area contributed by atoms with Gasteiger partial charge in [-0.1, -0.05) is 6.92 Å². The zero-order valence-electron chi connectivity index (χ0n) is 14.4. The smallest absolute Gasteiger partial charge is 0.224 e. The Bertz CT molecular complexity index is 745. The van der Waals surface area contributed by atoms with Gasteiger partial charge in [0.2, 0.25) is 5.91 Å². The van der Waals surface area contributed by atoms with E-state index in [0.29, 0.717) is 6.54 Å². The predicted molar refractivity (Wildman–Crippen MR) is 96.4 cm³/mol. The largest absolute Gasteiger partial charge is 0.508 e. The van der Waals surface area contributed by atoms with Crippen LogP contribution >= 0.6 is 0 Å². The molecule has 0 radical (unpaired) electrons. The number of phenols is 1. The normalized spacial score (nSPS) is 17.9. The number of aromatic hydroxyl groups is 1. The first-order valence-corrected chi connectivity index (χ1v) is 8.71. The van der Waals surface area contributed by atoms with Gasteiger partial charge in [-0.05, 0) is 49.9 Å². The van der Waals surface area contributed by atoms with Crippen LogP contribution in [0.3, 0.4) is 0 Å². The molecule has 2 heterocycles. The molecule has 5 heteroatoms. The van der Waals surface area contributed by atoms with E-state index in [2.05, 4.69) is 30.1 Å². The number of hydrogen-bond donors (Lipinski definition) is 2. The van der Waals surface area contributed by atoms with Crippen molar-refractivity contribution in [3.8, 4) is 5.75 Å². The van der Waals surface area contributed by atoms with Gasteiger partial charge in [0.15, 0.2) is 0 Å². The number of aromatic nitrogens is 1. The second kappa shape index (κ2) is 7.07. The second-order valence-corrected chi connectivity index (χ2v) is 6.57. The number of hydrogen-bond acceptors (Lipinski definition) is 4. The monoisotopic (exact) mass is 327 g/mol. The molecule has 1 unspecified atom stereocenters. The lowest BCUT2D eigenvalue weighted by molar-refractivity contribution is -0.125. The van der Waals surface area contributed by atoms with Gasteiger partial charge in [-0.25, -0.2) is 4.98 Å². The van der Waals surface area contributed by atoms with Gasteiger partial charge < -0.3 is 15.3 Å². The third kappa shape index (κ3) is 3.45. The number of fused-ring (bicyclic) bond motifs is 1. The highest BCUT2D eigenvalue weighted by Gasteiger charge is 2.26. The summed E-state index contributed by atoms with van der Waals surface area (Å²) in [5, 5.41) is 13.8. The number of pyridine rings is 1. The molecule has 0 aliphatic carbocycles. The summed E-state index contributed by atoms with van der Waals surface area (Å²) in [6.45, 7) is 6.47. The van der Waals surface area contributed by atoms with E-state index >= 15 is 0 Å². The number of carbonyl (C=O) groups is 1. The molecule has 1 saturated heterocycles. The van der Waals surface area contributed by atoms with Crippen LogP contribution in [0.4, 0.5) is 5.82 Å². The summed E-state index contributed by atoms with van der Waals surface area (Å²) in [5.41, 5.74) is 1.93. The Morgan fingerprint density at radius 2 is 2.25 bits per heavy atom. The van der Waals surface area contributed by atoms with Crippen LogP contribution in [-0.2, 0) is 4.79 Å². The fraction of sp³-hybridized carbons (Fsp3) is 0.474. The fourth-order valence-electron chi connectivity index (χ4n) is 3.33. The number of rotatable bonds is 4. The van der Waals surface area contributed by atoms with Crippen molar-refractivity contribution in [2.75, 3.05) is 24.5 Å². The minimum atomic E-state index is 0.0206. The van der Waals surface area contributed by atoms with Crippen LogP contribution in [0.5, 0.6) is 5.75 Å². The first kappa shape index (κ1) is 16.6. The van der Waals surface area contributed by atoms with E-state index in [-0.39, 0.29) is 17.6 Å². The van der Waals surface area contributed by atoms with E-state index < -0.39 is 0 Å². The Morgan fingerprint density at radius 3 is 3.04 bits per heavy atom. The number of piperidine rings is 1. The number of aryl methyl sites for hydroxylation is 1. The summed E-state index contributed by atoms with van der Waals surface area (Å²) in [6, 6.07) is 7.35. The third-order valence-corrected chi connectivity index (χ3v) is 4.65. The average molecular weight is 327 g/mol. The molecule has 5 nitrogen and oxygen atoms in total. The molecule has 0 spiro atoms. The lowest BCUT2D eigenvalue weighted by atomic mass is 9.97. The molecule has 1 aromatic heterocycles. The molecule has 2 N–H and O–H groups in total. The molecular weight excluding hydrogens is 302 g/mol. The van der Waals surface area contributed by atoms with Gasteiger partial charge in [0.1, 0.15) is 11.6 Å². The van der Waals surface area contributed by atoms with Crippen molar-refractivity contribution < 1.29 is 9.90 Å². The number of amides is 1. The molecule has 1 aromatic carbocycles. The van der Waals surface area contributed by atoms with Gasteiger partial charge in [-0.3, -0.25) is 4.79 Å². The minimum absolute atomic E-state index is 0.0206. The van der Waals surface area contributed by atoms with E-state index in [9.17, 15) is 9.90 Å². The quantitative estimate of drug-likeness (QED) is 0.906. The number of anilines is 1. The van der Waals surface area contributed by atoms with Crippen molar-refractivity contribution in [1.82, 2.24) is 10.3 Å². The predicted octanol–water partition coefficient (Wildman–Crippen LogP) is 2.99. The van der Waals surface area contributed by atoms with E-state index in [1.54, 1.807) is 12.1 Å². The molecule has 3 rings (SSSR count). The Labute approximate surface area is 142 Å². The molecule has 128 valence electrons. The van der Waals surface area contributed by atoms with Crippen LogP contribution in [0.15, 0.2) is 24.3 Å². The van der Waals surface area contributed by atoms with Gasteiger partial charge in [0, 0.05) is 31.1 Å². The lowest BCUT2D eigenvalue weighted by Gasteiger charge is -2.33. The molecule has 1 amide bonds. The molecule has 24 heavy (non-hydrogen) atoms. The Hall–Kier alpha value is -2.30. The Morgan fingerprint density at radius 1 is 1.42 bits per heavy atom. The highest BCUT2D eigenvalue weighted by atomic mass is 16.3. The lowest BCUT2D eigenvalue weighted by Crippen LogP contribution is -2.43. The molecular formula is C19H25N3O2. The first-order chi connectivity index (χ1) is 11.6. The molecule has 1 aliphatic rings. The summed E-state index contributed by atoms with van der Waals surface area (Å²) >= 11 is 0. The number of benzene rings is 1. The number of nitrogens with one attached hydrogen (secondary N) is 1. The molecule has 0 bridgehead atoms. The van der Waals surface area contributed by atoms with Crippen molar-refractivity contribution in [3.63, 3.8) is 0 Å². The summed E-state index contributed by atoms with van der Waals surface area (Å²) < 4.78 is 0. The van der Waals surface area contributed by atoms with E-state index in [0.717, 1.165) is 54.6 Å². The fourth-order valence-corrected chi connectivity index (χ4v) is 3.33. The van der Waals surface area contributed by atoms with E-state index in [1.807, 2.05) is 6.07 Å². The van der Waals surface area contributed by atoms with Gasteiger partial charge in [0.25, 0.3) is 0 Å². The van der Waals surface area contributed by atoms with Crippen molar-refractivity contribution in [3.05, 3.63) is 29.8 Å². The minimum Gasteiger partial charge on any atom is -0.508 e. The maximum atomic E-state index is 12.3. The summed E-state index contributed by atoms with van der Waals surface area (Å²) in [4.78, 5) is 19.2. The van der Waals surface area contributed by atoms with Gasteiger partial charge >= 0.3 is 0 Å². The maximum Gasteiger partial charge on any atom is 0.224 e. The van der Waals surface area contributed by atoms with E-state index in [1.165, 1.54) is 0 Å². The van der Waals surface area contributed by atoms with Crippen molar-refractivity contribution in [2.45, 2.75) is 33.1 Å². The average Bonchev–Trinajstić information content (AvgIpc) is 2.59. The van der Waals surface area contributed by atoms with Crippen LogP contribution in [0.2, 0.25) is 0 Å². The van der Waals surface area contributed by atoms with Crippen LogP contribution in [0.25, 0.3) is 10.9 Å². The number of phenolic OH excluding ortho intramolecular Hbond substituents is 1. The summed E-state index contributed by atoms with van der Waals surface area (Å²) in [7, 11) is 0. The SMILES string of the molecule is CCCNC(=O)C1CCCN(c2cc(C)c3ccc(O)cc3n2)C1. The van der Waals surface area contributed by atoms with Gasteiger partial charge in [-0.15, -0.1) is 0 Å². The second-order valence-electron chi connectivity index (χ2n) is 6.57. The molecule has 0 saturated carbocycles. The van der Waals surface area contributed by atoms with Crippen molar-refractivity contribution in [1.29, 1.82) is 0 Å². The molecule has 1 fully saturated rings. The van der Waals surface area contributed by atoms with Gasteiger partial charge in [0.05, 0.1) is 11.4 Å². The van der Waals surface area contributed by atoms with Crippen LogP contribution in [0.1, 0.15) is 31.7 Å². The zero-order chi connectivity index (χ0) is 17.1. The highest BCUT2D eigenvalue weighted by Crippen LogP contribution is 2.28. The van der Waals surface area contributed by atoms with Crippen molar-refractivity contribution >= 4 is 22.6 Å². The van der Waals surface area contributed by atoms with Crippen LogP contribution in [0, 0.1) is 12.8 Å². The summed E-state index contributed by atoms with van der Waals surface area (Å²) in [6.07, 6.45) is 2.87. The number of carbonyl (C=O) groups excluding carboxylic acids is 1. The molecule has 2 aromatic rings. The summed E-state index contributed by atoms with van der Waals surface area (Å²) in [5.74, 6) is 1.28. The molecule has 1 aliphatic heterocycles. The molecule has 1 atom stereocenters. The maximum absolute atomic E-state index is 12.3. The van der Waals surface area contributed by atoms with Crippen LogP contribution < -0.4 is 10.2 Å². The zero-order valence-corrected chi connectivity index (χ0v) is 14.4. The highest BCUT2D eigenvalue weighted by molar-refractivity contribution is 5.85. The Balaban J connectivity index is 1.83. The topological polar surface area (TPSA) is 65.5 Å². The van der Waals surface area contributed by atoms with Crippen LogP contribution in [-0.4, -0.2) is 35.6 Å². The van der Waals surface area contributed by atoms with E-state index in [4.69, 9.17) is 4.98 Å². The first-order valence-electron chi connectivity index (χ1n) is 8.71. The third-order valence-electron chi connectivity index (χ3n) is 4.65. The van der Waals surface area contributed by atoms with Gasteiger partial charge in [-0.2, -0.15) is 0 Å². The standard InChI is InChI=1S/C19H25N3O2/c1-3-8-20-19(24)14-5-4-9-22(12-14)18-10-13(2)16-7-6-15(23)11-17(16)21-18/h6-7,10-11,14,23H,3-5,8-9,12H2,1-2H3,(H,20,24). The number of nitrogens with zero attached hydrogens (tertiary/aromatic N) is 2.